The Hall–Kier alpha value is -2.70. The fraction of sp³-hybridized carbons (Fsp3) is 0.350. The molecule has 0 aliphatic carbocycles. The van der Waals surface area contributed by atoms with Gasteiger partial charge in [0.15, 0.2) is 0 Å². The molecule has 0 radical (unpaired) electrons. The molecular formula is C20H23F4N3O4S. The van der Waals surface area contributed by atoms with Gasteiger partial charge in [0.2, 0.25) is 15.9 Å². The van der Waals surface area contributed by atoms with Crippen molar-refractivity contribution in [3.8, 4) is 5.75 Å². The van der Waals surface area contributed by atoms with E-state index in [4.69, 9.17) is 0 Å². The number of likely N-dealkylation sites (N-methyl/N-ethyl adjacent to an activating group) is 1. The molecule has 1 amide bonds. The minimum Gasteiger partial charge on any atom is -0.406 e. The largest absolute Gasteiger partial charge is 0.573 e. The van der Waals surface area contributed by atoms with E-state index in [0.29, 0.717) is 5.56 Å². The third-order valence-electron chi connectivity index (χ3n) is 4.36. The number of rotatable bonds is 10. The van der Waals surface area contributed by atoms with Crippen LogP contribution in [0.25, 0.3) is 0 Å². The second kappa shape index (κ2) is 10.7. The van der Waals surface area contributed by atoms with E-state index in [1.807, 2.05) is 4.90 Å². The summed E-state index contributed by atoms with van der Waals surface area (Å²) in [7, 11) is -0.468. The number of hydrogen-bond donors (Lipinski definition) is 2. The van der Waals surface area contributed by atoms with Crippen molar-refractivity contribution < 1.29 is 35.5 Å². The summed E-state index contributed by atoms with van der Waals surface area (Å²) < 4.78 is 80.4. The smallest absolute Gasteiger partial charge is 0.406 e. The highest BCUT2D eigenvalue weighted by Gasteiger charge is 2.31. The molecule has 0 spiro atoms. The summed E-state index contributed by atoms with van der Waals surface area (Å²) in [6.07, 6.45) is -5.05. The standard InChI is InChI=1S/C20H23F4N3O4S/c1-27(2)18(14-4-3-5-15(21)12-14)13-25-19(28)10-11-26-32(29,30)17-8-6-16(7-9-17)31-20(22,23)24/h3-9,12,18,26H,10-11,13H2,1-2H3,(H,25,28)/t18-/m1/s1. The molecule has 32 heavy (non-hydrogen) atoms. The number of amides is 1. The summed E-state index contributed by atoms with van der Waals surface area (Å²) >= 11 is 0. The van der Waals surface area contributed by atoms with Crippen LogP contribution in [0, 0.1) is 5.82 Å². The van der Waals surface area contributed by atoms with E-state index in [-0.39, 0.29) is 30.4 Å². The Kier molecular flexibility index (Phi) is 8.58. The maximum Gasteiger partial charge on any atom is 0.573 e. The summed E-state index contributed by atoms with van der Waals surface area (Å²) in [5.41, 5.74) is 0.675. The number of carbonyl (C=O) groups excluding carboxylic acids is 1. The van der Waals surface area contributed by atoms with Crippen molar-refractivity contribution in [3.05, 3.63) is 59.9 Å². The van der Waals surface area contributed by atoms with Crippen molar-refractivity contribution in [3.63, 3.8) is 0 Å². The maximum absolute atomic E-state index is 13.5. The van der Waals surface area contributed by atoms with Gasteiger partial charge in [0.05, 0.1) is 10.9 Å². The van der Waals surface area contributed by atoms with Crippen molar-refractivity contribution in [2.24, 2.45) is 0 Å². The van der Waals surface area contributed by atoms with Gasteiger partial charge in [0, 0.05) is 19.5 Å². The predicted molar refractivity (Wildman–Crippen MR) is 109 cm³/mol. The van der Waals surface area contributed by atoms with Gasteiger partial charge in [-0.15, -0.1) is 13.2 Å². The minimum absolute atomic E-state index is 0.169. The van der Waals surface area contributed by atoms with Crippen LogP contribution in [0.4, 0.5) is 17.6 Å². The minimum atomic E-state index is -4.88. The third-order valence-corrected chi connectivity index (χ3v) is 5.84. The third kappa shape index (κ3) is 8.09. The van der Waals surface area contributed by atoms with E-state index in [9.17, 15) is 30.8 Å². The average molecular weight is 477 g/mol. The van der Waals surface area contributed by atoms with Crippen LogP contribution in [0.5, 0.6) is 5.75 Å². The van der Waals surface area contributed by atoms with E-state index >= 15 is 0 Å². The molecule has 2 aromatic carbocycles. The van der Waals surface area contributed by atoms with E-state index in [1.54, 1.807) is 26.2 Å². The molecule has 2 rings (SSSR count). The SMILES string of the molecule is CN(C)[C@H](CNC(=O)CCNS(=O)(=O)c1ccc(OC(F)(F)F)cc1)c1cccc(F)c1. The zero-order valence-electron chi connectivity index (χ0n) is 17.3. The van der Waals surface area contributed by atoms with Gasteiger partial charge in [-0.1, -0.05) is 12.1 Å². The Balaban J connectivity index is 1.86. The lowest BCUT2D eigenvalue weighted by molar-refractivity contribution is -0.274. The van der Waals surface area contributed by atoms with Crippen molar-refractivity contribution in [2.45, 2.75) is 23.7 Å². The van der Waals surface area contributed by atoms with Gasteiger partial charge in [-0.05, 0) is 56.1 Å². The fourth-order valence-electron chi connectivity index (χ4n) is 2.81. The van der Waals surface area contributed by atoms with E-state index < -0.39 is 33.9 Å². The van der Waals surface area contributed by atoms with Crippen LogP contribution in [-0.2, 0) is 14.8 Å². The van der Waals surface area contributed by atoms with E-state index in [1.165, 1.54) is 12.1 Å². The number of nitrogens with one attached hydrogen (secondary N) is 2. The molecule has 7 nitrogen and oxygen atoms in total. The molecule has 0 bridgehead atoms. The summed E-state index contributed by atoms with van der Waals surface area (Å²) in [6.45, 7) is -0.0374. The first kappa shape index (κ1) is 25.6. The van der Waals surface area contributed by atoms with Crippen LogP contribution < -0.4 is 14.8 Å². The first-order chi connectivity index (χ1) is 14.9. The van der Waals surface area contributed by atoms with Gasteiger partial charge in [0.25, 0.3) is 0 Å². The van der Waals surface area contributed by atoms with Gasteiger partial charge in [-0.25, -0.2) is 17.5 Å². The lowest BCUT2D eigenvalue weighted by Crippen LogP contribution is -2.36. The van der Waals surface area contributed by atoms with Gasteiger partial charge < -0.3 is 15.0 Å². The van der Waals surface area contributed by atoms with Gasteiger partial charge >= 0.3 is 6.36 Å². The van der Waals surface area contributed by atoms with Crippen LogP contribution in [0.3, 0.4) is 0 Å². The van der Waals surface area contributed by atoms with Gasteiger partial charge in [0.1, 0.15) is 11.6 Å². The highest BCUT2D eigenvalue weighted by Crippen LogP contribution is 2.24. The van der Waals surface area contributed by atoms with Crippen molar-refractivity contribution in [1.82, 2.24) is 14.9 Å². The highest BCUT2D eigenvalue weighted by atomic mass is 32.2. The summed E-state index contributed by atoms with van der Waals surface area (Å²) in [6, 6.07) is 9.38. The molecule has 12 heteroatoms. The molecule has 0 heterocycles. The van der Waals surface area contributed by atoms with Crippen molar-refractivity contribution >= 4 is 15.9 Å². The molecule has 176 valence electrons. The number of carbonyl (C=O) groups is 1. The molecule has 1 atom stereocenters. The van der Waals surface area contributed by atoms with E-state index in [2.05, 4.69) is 14.8 Å². The summed E-state index contributed by atoms with van der Waals surface area (Å²) in [5, 5.41) is 2.68. The molecule has 2 aromatic rings. The van der Waals surface area contributed by atoms with Crippen LogP contribution in [0.15, 0.2) is 53.4 Å². The van der Waals surface area contributed by atoms with Crippen LogP contribution in [0.2, 0.25) is 0 Å². The summed E-state index contributed by atoms with van der Waals surface area (Å²) in [4.78, 5) is 13.6. The Morgan fingerprint density at radius 1 is 1.12 bits per heavy atom. The van der Waals surface area contributed by atoms with Gasteiger partial charge in [-0.3, -0.25) is 4.79 Å². The number of nitrogens with zero attached hydrogens (tertiary/aromatic N) is 1. The monoisotopic (exact) mass is 477 g/mol. The number of alkyl halides is 3. The second-order valence-electron chi connectivity index (χ2n) is 7.01. The summed E-state index contributed by atoms with van der Waals surface area (Å²) in [5.74, 6) is -1.37. The van der Waals surface area contributed by atoms with Gasteiger partial charge in [-0.2, -0.15) is 0 Å². The molecule has 2 N–H and O–H groups in total. The molecule has 0 aromatic heterocycles. The van der Waals surface area contributed by atoms with Crippen LogP contribution >= 0.6 is 0 Å². The molecule has 0 aliphatic rings. The number of hydrogen-bond acceptors (Lipinski definition) is 5. The molecular weight excluding hydrogens is 454 g/mol. The molecule has 0 saturated carbocycles. The van der Waals surface area contributed by atoms with Crippen LogP contribution in [-0.4, -0.2) is 52.8 Å². The number of sulfonamides is 1. The molecule has 0 saturated heterocycles. The Labute approximate surface area is 183 Å². The van der Waals surface area contributed by atoms with E-state index in [0.717, 1.165) is 24.3 Å². The lowest BCUT2D eigenvalue weighted by atomic mass is 10.1. The Bertz CT molecular complexity index is 1010. The lowest BCUT2D eigenvalue weighted by Gasteiger charge is -2.25. The molecule has 0 fully saturated rings. The number of benzene rings is 2. The quantitative estimate of drug-likeness (QED) is 0.514. The number of halogens is 4. The van der Waals surface area contributed by atoms with Crippen LogP contribution in [0.1, 0.15) is 18.0 Å². The average Bonchev–Trinajstić information content (AvgIpc) is 2.67. The Morgan fingerprint density at radius 3 is 2.34 bits per heavy atom. The molecule has 0 unspecified atom stereocenters. The van der Waals surface area contributed by atoms with Crippen molar-refractivity contribution in [2.75, 3.05) is 27.2 Å². The Morgan fingerprint density at radius 2 is 1.78 bits per heavy atom. The fourth-order valence-corrected chi connectivity index (χ4v) is 3.85. The topological polar surface area (TPSA) is 87.7 Å². The first-order valence-corrected chi connectivity index (χ1v) is 10.9. The zero-order valence-corrected chi connectivity index (χ0v) is 18.1. The maximum atomic E-state index is 13.5. The predicted octanol–water partition coefficient (Wildman–Crippen LogP) is 2.81. The number of ether oxygens (including phenoxy) is 1. The van der Waals surface area contributed by atoms with Crippen molar-refractivity contribution in [1.29, 1.82) is 0 Å². The first-order valence-electron chi connectivity index (χ1n) is 9.41. The zero-order chi connectivity index (χ0) is 23.9. The second-order valence-corrected chi connectivity index (χ2v) is 8.77. The molecule has 0 aliphatic heterocycles. The normalized spacial score (nSPS) is 13.1. The highest BCUT2D eigenvalue weighted by molar-refractivity contribution is 7.89.